The lowest BCUT2D eigenvalue weighted by atomic mass is 10.1. The molecule has 0 saturated heterocycles. The number of rotatable bonds is 5. The first-order chi connectivity index (χ1) is 14.0. The van der Waals surface area contributed by atoms with E-state index in [0.29, 0.717) is 27.5 Å². The van der Waals surface area contributed by atoms with Crippen molar-refractivity contribution in [2.75, 3.05) is 0 Å². The summed E-state index contributed by atoms with van der Waals surface area (Å²) in [7, 11) is 0. The van der Waals surface area contributed by atoms with E-state index in [1.54, 1.807) is 6.07 Å². The number of hydrogen-bond acceptors (Lipinski definition) is 5. The number of nitrogens with zero attached hydrogens (tertiary/aromatic N) is 3. The molecule has 0 aliphatic heterocycles. The standard InChI is InChI=1S/C21H17ClN4O2S/c1-13-6-8-14(9-7-13)18-19-20(29-25-18)21(28)26(12-24-19)11-17(27)23-10-15-4-2-3-5-16(15)22/h2-9,12H,10-11H2,1H3,(H,23,27). The molecular formula is C21H17ClN4O2S. The zero-order valence-corrected chi connectivity index (χ0v) is 17.1. The number of amides is 1. The lowest BCUT2D eigenvalue weighted by molar-refractivity contribution is -0.121. The van der Waals surface area contributed by atoms with E-state index in [1.807, 2.05) is 49.4 Å². The van der Waals surface area contributed by atoms with Crippen LogP contribution >= 0.6 is 23.1 Å². The van der Waals surface area contributed by atoms with E-state index >= 15 is 0 Å². The van der Waals surface area contributed by atoms with Crippen LogP contribution in [0.3, 0.4) is 0 Å². The minimum Gasteiger partial charge on any atom is -0.350 e. The normalized spacial score (nSPS) is 11.0. The Morgan fingerprint density at radius 3 is 2.69 bits per heavy atom. The zero-order valence-electron chi connectivity index (χ0n) is 15.6. The lowest BCUT2D eigenvalue weighted by Crippen LogP contribution is -2.32. The minimum absolute atomic E-state index is 0.121. The van der Waals surface area contributed by atoms with Gasteiger partial charge in [-0.2, -0.15) is 4.37 Å². The fourth-order valence-electron chi connectivity index (χ4n) is 2.92. The Balaban J connectivity index is 1.53. The van der Waals surface area contributed by atoms with Crippen LogP contribution in [0.2, 0.25) is 5.02 Å². The SMILES string of the molecule is Cc1ccc(-c2nsc3c(=O)n(CC(=O)NCc4ccccc4Cl)cnc23)cc1. The van der Waals surface area contributed by atoms with E-state index in [1.165, 1.54) is 10.9 Å². The quantitative estimate of drug-likeness (QED) is 0.528. The second-order valence-corrected chi connectivity index (χ2v) is 7.80. The van der Waals surface area contributed by atoms with Crippen LogP contribution in [-0.2, 0) is 17.9 Å². The maximum atomic E-state index is 12.8. The highest BCUT2D eigenvalue weighted by Gasteiger charge is 2.15. The Bertz CT molecular complexity index is 1250. The summed E-state index contributed by atoms with van der Waals surface area (Å²) in [6, 6.07) is 15.2. The van der Waals surface area contributed by atoms with Crippen molar-refractivity contribution in [3.63, 3.8) is 0 Å². The number of nitrogens with one attached hydrogen (secondary N) is 1. The van der Waals surface area contributed by atoms with Gasteiger partial charge in [0, 0.05) is 17.1 Å². The van der Waals surface area contributed by atoms with Crippen LogP contribution in [0.25, 0.3) is 21.5 Å². The third-order valence-corrected chi connectivity index (χ3v) is 5.71. The van der Waals surface area contributed by atoms with Gasteiger partial charge < -0.3 is 5.32 Å². The van der Waals surface area contributed by atoms with Gasteiger partial charge in [-0.15, -0.1) is 0 Å². The molecule has 2 aromatic carbocycles. The van der Waals surface area contributed by atoms with Crippen molar-refractivity contribution in [2.45, 2.75) is 20.0 Å². The van der Waals surface area contributed by atoms with Crippen LogP contribution in [0.5, 0.6) is 0 Å². The summed E-state index contributed by atoms with van der Waals surface area (Å²) in [5.74, 6) is -0.295. The van der Waals surface area contributed by atoms with Gasteiger partial charge in [-0.3, -0.25) is 14.2 Å². The van der Waals surface area contributed by atoms with E-state index in [9.17, 15) is 9.59 Å². The third-order valence-electron chi connectivity index (χ3n) is 4.52. The highest BCUT2D eigenvalue weighted by molar-refractivity contribution is 7.13. The lowest BCUT2D eigenvalue weighted by Gasteiger charge is -2.08. The van der Waals surface area contributed by atoms with Crippen molar-refractivity contribution in [2.24, 2.45) is 0 Å². The molecule has 0 atom stereocenters. The second-order valence-electron chi connectivity index (χ2n) is 6.62. The first-order valence-corrected chi connectivity index (χ1v) is 10.1. The average molecular weight is 425 g/mol. The van der Waals surface area contributed by atoms with Crippen molar-refractivity contribution in [3.05, 3.63) is 81.4 Å². The number of carbonyl (C=O) groups is 1. The summed E-state index contributed by atoms with van der Waals surface area (Å²) in [5, 5.41) is 3.36. The van der Waals surface area contributed by atoms with E-state index in [-0.39, 0.29) is 18.0 Å². The van der Waals surface area contributed by atoms with Crippen molar-refractivity contribution >= 4 is 39.3 Å². The molecule has 29 heavy (non-hydrogen) atoms. The molecule has 0 fully saturated rings. The summed E-state index contributed by atoms with van der Waals surface area (Å²) in [6.45, 7) is 2.18. The van der Waals surface area contributed by atoms with Gasteiger partial charge in [0.25, 0.3) is 5.56 Å². The summed E-state index contributed by atoms with van der Waals surface area (Å²) >= 11 is 7.20. The smallest absolute Gasteiger partial charge is 0.273 e. The molecule has 2 aromatic heterocycles. The van der Waals surface area contributed by atoms with Gasteiger partial charge in [0.1, 0.15) is 22.5 Å². The van der Waals surface area contributed by atoms with Crippen molar-refractivity contribution < 1.29 is 4.79 Å². The van der Waals surface area contributed by atoms with Gasteiger partial charge in [-0.05, 0) is 30.1 Å². The molecule has 1 amide bonds. The van der Waals surface area contributed by atoms with Crippen molar-refractivity contribution in [1.82, 2.24) is 19.2 Å². The van der Waals surface area contributed by atoms with Crippen molar-refractivity contribution in [1.29, 1.82) is 0 Å². The largest absolute Gasteiger partial charge is 0.350 e. The van der Waals surface area contributed by atoms with Crippen LogP contribution in [0.15, 0.2) is 59.7 Å². The third kappa shape index (κ3) is 4.06. The van der Waals surface area contributed by atoms with Crippen LogP contribution in [0.4, 0.5) is 0 Å². The highest BCUT2D eigenvalue weighted by atomic mass is 35.5. The highest BCUT2D eigenvalue weighted by Crippen LogP contribution is 2.27. The Kier molecular flexibility index (Phi) is 5.42. The zero-order chi connectivity index (χ0) is 20.4. The predicted octanol–water partition coefficient (Wildman–Crippen LogP) is 3.80. The first kappa shape index (κ1) is 19.3. The molecule has 2 heterocycles. The first-order valence-electron chi connectivity index (χ1n) is 8.95. The molecule has 0 bridgehead atoms. The van der Waals surface area contributed by atoms with Crippen LogP contribution < -0.4 is 10.9 Å². The fourth-order valence-corrected chi connectivity index (χ4v) is 3.92. The summed E-state index contributed by atoms with van der Waals surface area (Å²) in [5.41, 5.74) is 3.82. The fraction of sp³-hybridized carbons (Fsp3) is 0.143. The minimum atomic E-state index is -0.295. The Labute approximate surface area is 176 Å². The molecule has 0 aliphatic rings. The number of benzene rings is 2. The molecule has 0 aliphatic carbocycles. The molecule has 0 saturated carbocycles. The van der Waals surface area contributed by atoms with Crippen LogP contribution in [0.1, 0.15) is 11.1 Å². The summed E-state index contributed by atoms with van der Waals surface area (Å²) < 4.78 is 6.14. The Morgan fingerprint density at radius 1 is 1.17 bits per heavy atom. The predicted molar refractivity (Wildman–Crippen MR) is 115 cm³/mol. The molecule has 146 valence electrons. The van der Waals surface area contributed by atoms with Gasteiger partial charge in [-0.1, -0.05) is 59.6 Å². The number of aromatic nitrogens is 3. The average Bonchev–Trinajstić information content (AvgIpc) is 3.15. The topological polar surface area (TPSA) is 76.9 Å². The molecule has 6 nitrogen and oxygen atoms in total. The molecule has 0 radical (unpaired) electrons. The molecular weight excluding hydrogens is 408 g/mol. The molecule has 1 N–H and O–H groups in total. The van der Waals surface area contributed by atoms with Gasteiger partial charge in [0.2, 0.25) is 5.91 Å². The summed E-state index contributed by atoms with van der Waals surface area (Å²) in [4.78, 5) is 29.5. The maximum absolute atomic E-state index is 12.8. The van der Waals surface area contributed by atoms with E-state index < -0.39 is 0 Å². The number of aryl methyl sites for hydroxylation is 1. The summed E-state index contributed by atoms with van der Waals surface area (Å²) in [6.07, 6.45) is 1.39. The molecule has 0 unspecified atom stereocenters. The number of carbonyl (C=O) groups excluding carboxylic acids is 1. The van der Waals surface area contributed by atoms with Gasteiger partial charge in [0.15, 0.2) is 0 Å². The number of fused-ring (bicyclic) bond motifs is 1. The van der Waals surface area contributed by atoms with Crippen LogP contribution in [0, 0.1) is 6.92 Å². The number of halogens is 1. The molecule has 8 heteroatoms. The Morgan fingerprint density at radius 2 is 1.93 bits per heavy atom. The maximum Gasteiger partial charge on any atom is 0.273 e. The van der Waals surface area contributed by atoms with E-state index in [4.69, 9.17) is 11.6 Å². The number of hydrogen-bond donors (Lipinski definition) is 1. The molecule has 0 spiro atoms. The van der Waals surface area contributed by atoms with Gasteiger partial charge in [0.05, 0.1) is 6.33 Å². The molecule has 4 aromatic rings. The van der Waals surface area contributed by atoms with Crippen molar-refractivity contribution in [3.8, 4) is 11.3 Å². The second kappa shape index (κ2) is 8.14. The van der Waals surface area contributed by atoms with Crippen LogP contribution in [-0.4, -0.2) is 19.8 Å². The Hall–Kier alpha value is -3.03. The monoisotopic (exact) mass is 424 g/mol. The van der Waals surface area contributed by atoms with E-state index in [2.05, 4.69) is 14.7 Å². The van der Waals surface area contributed by atoms with Gasteiger partial charge >= 0.3 is 0 Å². The molecule has 4 rings (SSSR count). The van der Waals surface area contributed by atoms with Gasteiger partial charge in [-0.25, -0.2) is 4.98 Å². The van der Waals surface area contributed by atoms with E-state index in [0.717, 1.165) is 28.2 Å².